The summed E-state index contributed by atoms with van der Waals surface area (Å²) in [6.07, 6.45) is 0.0232. The van der Waals surface area contributed by atoms with E-state index < -0.39 is 23.8 Å². The van der Waals surface area contributed by atoms with Crippen LogP contribution >= 0.6 is 0 Å². The minimum atomic E-state index is -0.939. The lowest BCUT2D eigenvalue weighted by Gasteiger charge is -2.13. The van der Waals surface area contributed by atoms with Crippen LogP contribution in [0.3, 0.4) is 0 Å². The van der Waals surface area contributed by atoms with Crippen LogP contribution < -0.4 is 4.74 Å². The molecule has 2 amide bonds. The molecule has 1 fully saturated rings. The molecule has 7 heteroatoms. The zero-order valence-corrected chi connectivity index (χ0v) is 10.6. The normalized spacial score (nSPS) is 14.3. The maximum atomic E-state index is 11.9. The minimum absolute atomic E-state index is 0.00379. The van der Waals surface area contributed by atoms with Crippen LogP contribution in [-0.4, -0.2) is 28.8 Å². The number of rotatable bonds is 3. The number of hydroxylamine groups is 2. The van der Waals surface area contributed by atoms with Gasteiger partial charge in [0.25, 0.3) is 11.8 Å². The van der Waals surface area contributed by atoms with Gasteiger partial charge in [0.15, 0.2) is 0 Å². The van der Waals surface area contributed by atoms with Gasteiger partial charge < -0.3 is 9.57 Å². The van der Waals surface area contributed by atoms with Crippen molar-refractivity contribution in [1.82, 2.24) is 5.06 Å². The van der Waals surface area contributed by atoms with Gasteiger partial charge in [0.1, 0.15) is 11.3 Å². The van der Waals surface area contributed by atoms with Crippen molar-refractivity contribution in [1.29, 1.82) is 0 Å². The fraction of sp³-hybridized carbons (Fsp3) is 0.231. The third kappa shape index (κ3) is 2.82. The van der Waals surface area contributed by atoms with Crippen LogP contribution in [0.15, 0.2) is 24.3 Å². The second-order valence-corrected chi connectivity index (χ2v) is 4.05. The number of carbonyl (C=O) groups is 4. The lowest BCUT2D eigenvalue weighted by atomic mass is 10.2. The number of carbonyl (C=O) groups excluding carboxylic acids is 4. The summed E-state index contributed by atoms with van der Waals surface area (Å²) in [5.74, 6) is -2.69. The molecular formula is C13H11NO6. The van der Waals surface area contributed by atoms with E-state index in [-0.39, 0.29) is 24.2 Å². The summed E-state index contributed by atoms with van der Waals surface area (Å²) in [6, 6.07) is 5.88. The molecule has 0 bridgehead atoms. The van der Waals surface area contributed by atoms with Crippen LogP contribution in [0.4, 0.5) is 0 Å². The van der Waals surface area contributed by atoms with Crippen LogP contribution in [0, 0.1) is 0 Å². The van der Waals surface area contributed by atoms with Crippen LogP contribution in [0.25, 0.3) is 0 Å². The Morgan fingerprint density at radius 3 is 2.30 bits per heavy atom. The monoisotopic (exact) mass is 277 g/mol. The Bertz CT molecular complexity index is 578. The summed E-state index contributed by atoms with van der Waals surface area (Å²) in [5, 5.41) is 0.437. The van der Waals surface area contributed by atoms with E-state index in [0.29, 0.717) is 5.06 Å². The first kappa shape index (κ1) is 13.7. The first-order valence-corrected chi connectivity index (χ1v) is 5.84. The van der Waals surface area contributed by atoms with Gasteiger partial charge in [-0.1, -0.05) is 12.1 Å². The van der Waals surface area contributed by atoms with Crippen molar-refractivity contribution in [3.63, 3.8) is 0 Å². The van der Waals surface area contributed by atoms with Crippen molar-refractivity contribution in [2.24, 2.45) is 0 Å². The zero-order chi connectivity index (χ0) is 14.7. The van der Waals surface area contributed by atoms with E-state index in [1.165, 1.54) is 25.1 Å². The average molecular weight is 277 g/mol. The molecule has 0 spiro atoms. The SMILES string of the molecule is CC(=O)Oc1ccccc1C(=O)ON1C(=O)CCC1=O. The van der Waals surface area contributed by atoms with Gasteiger partial charge in [-0.05, 0) is 12.1 Å². The van der Waals surface area contributed by atoms with Crippen LogP contribution in [0.5, 0.6) is 5.75 Å². The number of esters is 1. The molecule has 2 rings (SSSR count). The number of hydrogen-bond donors (Lipinski definition) is 0. The van der Waals surface area contributed by atoms with Crippen LogP contribution in [-0.2, 0) is 19.2 Å². The summed E-state index contributed by atoms with van der Waals surface area (Å²) in [6.45, 7) is 1.19. The molecule has 0 radical (unpaired) electrons. The predicted octanol–water partition coefficient (Wildman–Crippen LogP) is 0.833. The Balaban J connectivity index is 2.19. The number of nitrogens with zero attached hydrogens (tertiary/aromatic N) is 1. The molecule has 20 heavy (non-hydrogen) atoms. The second-order valence-electron chi connectivity index (χ2n) is 4.05. The molecule has 0 N–H and O–H groups in total. The van der Waals surface area contributed by atoms with Gasteiger partial charge in [-0.15, -0.1) is 5.06 Å². The number of benzene rings is 1. The number of ether oxygens (including phenoxy) is 1. The highest BCUT2D eigenvalue weighted by atomic mass is 16.7. The largest absolute Gasteiger partial charge is 0.426 e. The molecule has 0 saturated carbocycles. The molecule has 0 unspecified atom stereocenters. The van der Waals surface area contributed by atoms with Gasteiger partial charge in [-0.2, -0.15) is 0 Å². The molecule has 1 aromatic carbocycles. The van der Waals surface area contributed by atoms with Crippen LogP contribution in [0.1, 0.15) is 30.1 Å². The number of para-hydroxylation sites is 1. The molecule has 1 heterocycles. The Hall–Kier alpha value is -2.70. The fourth-order valence-electron chi connectivity index (χ4n) is 1.67. The van der Waals surface area contributed by atoms with E-state index in [0.717, 1.165) is 0 Å². The Labute approximate surface area is 114 Å². The fourth-order valence-corrected chi connectivity index (χ4v) is 1.67. The van der Waals surface area contributed by atoms with Crippen molar-refractivity contribution in [2.75, 3.05) is 0 Å². The molecule has 1 aliphatic heterocycles. The van der Waals surface area contributed by atoms with E-state index in [1.807, 2.05) is 0 Å². The highest BCUT2D eigenvalue weighted by Crippen LogP contribution is 2.21. The van der Waals surface area contributed by atoms with Crippen molar-refractivity contribution < 1.29 is 28.8 Å². The standard InChI is InChI=1S/C13H11NO6/c1-8(15)19-10-5-3-2-4-9(10)13(18)20-14-11(16)6-7-12(14)17/h2-5H,6-7H2,1H3. The number of amides is 2. The number of imide groups is 1. The molecule has 0 aromatic heterocycles. The van der Waals surface area contributed by atoms with Crippen LogP contribution in [0.2, 0.25) is 0 Å². The Kier molecular flexibility index (Phi) is 3.79. The van der Waals surface area contributed by atoms with Gasteiger partial charge in [-0.3, -0.25) is 14.4 Å². The quantitative estimate of drug-likeness (QED) is 0.462. The first-order valence-electron chi connectivity index (χ1n) is 5.84. The van der Waals surface area contributed by atoms with Gasteiger partial charge in [-0.25, -0.2) is 4.79 Å². The van der Waals surface area contributed by atoms with Crippen molar-refractivity contribution >= 4 is 23.8 Å². The molecule has 1 aromatic rings. The maximum absolute atomic E-state index is 11.9. The molecule has 0 atom stereocenters. The average Bonchev–Trinajstić information content (AvgIpc) is 2.70. The highest BCUT2D eigenvalue weighted by molar-refractivity contribution is 6.03. The molecule has 1 aliphatic rings. The lowest BCUT2D eigenvalue weighted by molar-refractivity contribution is -0.172. The van der Waals surface area contributed by atoms with E-state index in [1.54, 1.807) is 6.07 Å². The predicted molar refractivity (Wildman–Crippen MR) is 64.3 cm³/mol. The first-order chi connectivity index (χ1) is 9.49. The van der Waals surface area contributed by atoms with E-state index >= 15 is 0 Å². The zero-order valence-electron chi connectivity index (χ0n) is 10.6. The Morgan fingerprint density at radius 2 is 1.70 bits per heavy atom. The molecule has 0 aliphatic carbocycles. The number of hydrogen-bond acceptors (Lipinski definition) is 6. The molecule has 1 saturated heterocycles. The second kappa shape index (κ2) is 5.52. The molecule has 7 nitrogen and oxygen atoms in total. The minimum Gasteiger partial charge on any atom is -0.426 e. The Morgan fingerprint density at radius 1 is 1.10 bits per heavy atom. The summed E-state index contributed by atoms with van der Waals surface area (Å²) in [7, 11) is 0. The van der Waals surface area contributed by atoms with E-state index in [4.69, 9.17) is 9.57 Å². The molecular weight excluding hydrogens is 266 g/mol. The third-order valence-electron chi connectivity index (χ3n) is 2.54. The maximum Gasteiger partial charge on any atom is 0.367 e. The van der Waals surface area contributed by atoms with Gasteiger partial charge in [0.05, 0.1) is 0 Å². The van der Waals surface area contributed by atoms with E-state index in [9.17, 15) is 19.2 Å². The van der Waals surface area contributed by atoms with Gasteiger partial charge in [0, 0.05) is 19.8 Å². The lowest BCUT2D eigenvalue weighted by Crippen LogP contribution is -2.32. The summed E-state index contributed by atoms with van der Waals surface area (Å²) in [5.41, 5.74) is -0.0461. The highest BCUT2D eigenvalue weighted by Gasteiger charge is 2.33. The summed E-state index contributed by atoms with van der Waals surface area (Å²) >= 11 is 0. The van der Waals surface area contributed by atoms with E-state index in [2.05, 4.69) is 0 Å². The van der Waals surface area contributed by atoms with Crippen molar-refractivity contribution in [2.45, 2.75) is 19.8 Å². The summed E-state index contributed by atoms with van der Waals surface area (Å²) in [4.78, 5) is 50.3. The third-order valence-corrected chi connectivity index (χ3v) is 2.54. The van der Waals surface area contributed by atoms with Crippen molar-refractivity contribution in [3.8, 4) is 5.75 Å². The van der Waals surface area contributed by atoms with Gasteiger partial charge >= 0.3 is 11.9 Å². The van der Waals surface area contributed by atoms with Gasteiger partial charge in [0.2, 0.25) is 0 Å². The molecule has 104 valence electrons. The smallest absolute Gasteiger partial charge is 0.367 e. The van der Waals surface area contributed by atoms with Crippen molar-refractivity contribution in [3.05, 3.63) is 29.8 Å². The summed E-state index contributed by atoms with van der Waals surface area (Å²) < 4.78 is 4.86. The topological polar surface area (TPSA) is 90.0 Å².